The molecule has 0 saturated heterocycles. The van der Waals surface area contributed by atoms with Crippen LogP contribution in [0.15, 0.2) is 51.1 Å². The minimum atomic E-state index is -2.39. The minimum Gasteiger partial charge on any atom is -0.259 e. The molecule has 0 saturated carbocycles. The summed E-state index contributed by atoms with van der Waals surface area (Å²) in [7, 11) is -0.796. The van der Waals surface area contributed by atoms with Gasteiger partial charge in [0, 0.05) is 21.7 Å². The second-order valence-electron chi connectivity index (χ2n) is 3.83. The normalized spacial score (nSPS) is 15.0. The third-order valence-corrected chi connectivity index (χ3v) is 4.13. The lowest BCUT2D eigenvalue weighted by Crippen LogP contribution is -1.96. The summed E-state index contributed by atoms with van der Waals surface area (Å²) in [6.45, 7) is 4.16. The van der Waals surface area contributed by atoms with E-state index in [-0.39, 0.29) is 0 Å². The van der Waals surface area contributed by atoms with E-state index < -0.39 is 9.73 Å². The average Bonchev–Trinajstić information content (AvgIpc) is 2.29. The Hall–Kier alpha value is -1.22. The molecule has 0 spiro atoms. The van der Waals surface area contributed by atoms with Gasteiger partial charge in [-0.2, -0.15) is 0 Å². The van der Waals surface area contributed by atoms with Crippen LogP contribution >= 0.6 is 0 Å². The van der Waals surface area contributed by atoms with Crippen molar-refractivity contribution in [3.05, 3.63) is 48.2 Å². The average molecular weight is 236 g/mol. The van der Waals surface area contributed by atoms with Crippen LogP contribution in [0.25, 0.3) is 0 Å². The monoisotopic (exact) mass is 236 g/mol. The molecule has 1 atom stereocenters. The van der Waals surface area contributed by atoms with Gasteiger partial charge in [0.1, 0.15) is 0 Å². The van der Waals surface area contributed by atoms with Crippen molar-refractivity contribution in [1.82, 2.24) is 0 Å². The maximum absolute atomic E-state index is 12.5. The molecule has 0 bridgehead atoms. The minimum absolute atomic E-state index is 0.451. The maximum Gasteiger partial charge on any atom is 0.0364 e. The molecule has 1 unspecified atom stereocenters. The van der Waals surface area contributed by atoms with Crippen molar-refractivity contribution in [3.63, 3.8) is 0 Å². The predicted octanol–water partition coefficient (Wildman–Crippen LogP) is 3.52. The van der Waals surface area contributed by atoms with Crippen LogP contribution in [0.5, 0.6) is 0 Å². The zero-order valence-electron chi connectivity index (χ0n) is 9.96. The van der Waals surface area contributed by atoms with Crippen molar-refractivity contribution in [1.29, 1.82) is 0 Å². The quantitative estimate of drug-likeness (QED) is 0.735. The molecule has 0 aliphatic rings. The van der Waals surface area contributed by atoms with Gasteiger partial charge in [-0.25, -0.2) is 16.9 Å². The van der Waals surface area contributed by atoms with E-state index in [9.17, 15) is 4.21 Å². The van der Waals surface area contributed by atoms with Gasteiger partial charge >= 0.3 is 0 Å². The van der Waals surface area contributed by atoms with Crippen LogP contribution in [0, 0.1) is 12.3 Å². The fourth-order valence-electron chi connectivity index (χ4n) is 1.23. The summed E-state index contributed by atoms with van der Waals surface area (Å²) in [6.07, 6.45) is 3.85. The summed E-state index contributed by atoms with van der Waals surface area (Å²) in [5.41, 5.74) is 0. The molecule has 1 aromatic rings. The van der Waals surface area contributed by atoms with Crippen molar-refractivity contribution in [2.75, 3.05) is 7.05 Å². The number of benzene rings is 1. The first-order valence-corrected chi connectivity index (χ1v) is 6.88. The van der Waals surface area contributed by atoms with Gasteiger partial charge in [-0.1, -0.05) is 38.0 Å². The Balaban J connectivity index is 2.98. The van der Waals surface area contributed by atoms with Gasteiger partial charge in [-0.3, -0.25) is 4.21 Å². The Morgan fingerprint density at radius 3 is 2.44 bits per heavy atom. The Bertz CT molecular complexity index is 454. The molecule has 16 heavy (non-hydrogen) atoms. The number of nitrogens with zero attached hydrogens (tertiary/aromatic N) is 1. The largest absolute Gasteiger partial charge is 0.259 e. The highest BCUT2D eigenvalue weighted by Crippen LogP contribution is 2.15. The van der Waals surface area contributed by atoms with E-state index >= 15 is 0 Å². The van der Waals surface area contributed by atoms with Gasteiger partial charge in [0.05, 0.1) is 0 Å². The Labute approximate surface area is 98.6 Å². The van der Waals surface area contributed by atoms with Gasteiger partial charge in [0.25, 0.3) is 0 Å². The second-order valence-corrected chi connectivity index (χ2v) is 6.08. The van der Waals surface area contributed by atoms with Gasteiger partial charge in [0.2, 0.25) is 0 Å². The van der Waals surface area contributed by atoms with E-state index in [0.717, 1.165) is 4.90 Å². The Morgan fingerprint density at radius 2 is 1.94 bits per heavy atom. The number of rotatable bonds is 4. The topological polar surface area (TPSA) is 29.4 Å². The van der Waals surface area contributed by atoms with Crippen molar-refractivity contribution in [2.45, 2.75) is 18.7 Å². The van der Waals surface area contributed by atoms with E-state index in [1.165, 1.54) is 0 Å². The van der Waals surface area contributed by atoms with E-state index in [0.29, 0.717) is 5.92 Å². The second kappa shape index (κ2) is 5.75. The van der Waals surface area contributed by atoms with Gasteiger partial charge < -0.3 is 0 Å². The molecule has 0 radical (unpaired) electrons. The van der Waals surface area contributed by atoms with Crippen LogP contribution in [-0.4, -0.2) is 11.3 Å². The highest BCUT2D eigenvalue weighted by atomic mass is 32.2. The molecule has 88 valence electrons. The maximum atomic E-state index is 12.5. The summed E-state index contributed by atoms with van der Waals surface area (Å²) in [5.74, 6) is 0.451. The lowest BCUT2D eigenvalue weighted by atomic mass is 10.1. The number of hydrogen-bond donors (Lipinski definition) is 0. The first-order chi connectivity index (χ1) is 7.58. The highest BCUT2D eigenvalue weighted by molar-refractivity contribution is 7.96. The fraction of sp³-hybridized carbons (Fsp3) is 0.308. The molecule has 0 aliphatic carbocycles. The van der Waals surface area contributed by atoms with Crippen LogP contribution in [0.2, 0.25) is 0 Å². The Morgan fingerprint density at radius 1 is 1.31 bits per heavy atom. The molecular weight excluding hydrogens is 218 g/mol. The molecular formula is C13H18NOS-. The third-order valence-electron chi connectivity index (χ3n) is 2.11. The van der Waals surface area contributed by atoms with Crippen LogP contribution in [0.4, 0.5) is 0 Å². The number of hydrogen-bond acceptors (Lipinski definition) is 2. The lowest BCUT2D eigenvalue weighted by molar-refractivity contribution is 0.682. The van der Waals surface area contributed by atoms with Gasteiger partial charge in [-0.05, 0) is 12.1 Å². The smallest absolute Gasteiger partial charge is 0.0364 e. The van der Waals surface area contributed by atoms with Crippen LogP contribution in [-0.2, 0) is 9.73 Å². The highest BCUT2D eigenvalue weighted by Gasteiger charge is 2.00. The molecule has 0 heterocycles. The first kappa shape index (κ1) is 12.8. The van der Waals surface area contributed by atoms with Crippen LogP contribution < -0.4 is 0 Å². The van der Waals surface area contributed by atoms with Crippen molar-refractivity contribution < 1.29 is 4.21 Å². The van der Waals surface area contributed by atoms with E-state index in [1.54, 1.807) is 12.5 Å². The summed E-state index contributed by atoms with van der Waals surface area (Å²) < 4.78 is 16.5. The van der Waals surface area contributed by atoms with E-state index in [2.05, 4.69) is 18.2 Å². The molecule has 0 aromatic heterocycles. The summed E-state index contributed by atoms with van der Waals surface area (Å²) >= 11 is 0. The standard InChI is InChI=1S/C13H18NOS/c1-12(2)8-7-11-16(15,14-3)13-9-5-4-6-10-13/h4-12H,1-3H3/q-1/b11-7+. The molecule has 3 heteroatoms. The molecule has 0 N–H and O–H groups in total. The SMILES string of the molecule is CN=S(=O)(/C=C/[CH-]C(C)C)c1ccccc1. The molecule has 2 nitrogen and oxygen atoms in total. The number of allylic oxidation sites excluding steroid dienone is 1. The first-order valence-electron chi connectivity index (χ1n) is 5.30. The summed E-state index contributed by atoms with van der Waals surface area (Å²) in [5, 5.41) is 1.68. The molecule has 1 rings (SSSR count). The molecule has 0 amide bonds. The zero-order chi connectivity index (χ0) is 12.0. The summed E-state index contributed by atoms with van der Waals surface area (Å²) in [4.78, 5) is 0.755. The molecule has 0 aliphatic heterocycles. The lowest BCUT2D eigenvalue weighted by Gasteiger charge is -2.11. The molecule has 0 fully saturated rings. The van der Waals surface area contributed by atoms with E-state index in [4.69, 9.17) is 0 Å². The van der Waals surface area contributed by atoms with Crippen LogP contribution in [0.3, 0.4) is 0 Å². The van der Waals surface area contributed by atoms with E-state index in [1.807, 2.05) is 42.8 Å². The van der Waals surface area contributed by atoms with Crippen molar-refractivity contribution in [3.8, 4) is 0 Å². The Kier molecular flexibility index (Phi) is 4.62. The van der Waals surface area contributed by atoms with Crippen LogP contribution in [0.1, 0.15) is 13.8 Å². The van der Waals surface area contributed by atoms with Crippen molar-refractivity contribution >= 4 is 9.73 Å². The predicted molar refractivity (Wildman–Crippen MR) is 69.5 cm³/mol. The third kappa shape index (κ3) is 3.42. The van der Waals surface area contributed by atoms with Gasteiger partial charge in [-0.15, -0.1) is 5.41 Å². The summed E-state index contributed by atoms with van der Waals surface area (Å²) in [6, 6.07) is 9.34. The zero-order valence-corrected chi connectivity index (χ0v) is 10.8. The van der Waals surface area contributed by atoms with Crippen molar-refractivity contribution in [2.24, 2.45) is 10.3 Å². The fourth-order valence-corrected chi connectivity index (χ4v) is 2.57. The molecule has 1 aromatic carbocycles. The van der Waals surface area contributed by atoms with Gasteiger partial charge in [0.15, 0.2) is 0 Å².